The Morgan fingerprint density at radius 1 is 1.37 bits per heavy atom. The fourth-order valence-corrected chi connectivity index (χ4v) is 2.19. The average Bonchev–Trinajstić information content (AvgIpc) is 2.41. The van der Waals surface area contributed by atoms with Crippen LogP contribution in [0.1, 0.15) is 10.4 Å². The monoisotopic (exact) mass is 340 g/mol. The number of methoxy groups -OCH3 is 1. The summed E-state index contributed by atoms with van der Waals surface area (Å²) in [5.74, 6) is 0.111. The Morgan fingerprint density at radius 2 is 2.16 bits per heavy atom. The number of halogens is 2. The van der Waals surface area contributed by atoms with Gasteiger partial charge in [-0.05, 0) is 30.3 Å². The van der Waals surface area contributed by atoms with Crippen molar-refractivity contribution >= 4 is 45.0 Å². The van der Waals surface area contributed by atoms with Crippen LogP contribution in [0.15, 0.2) is 41.0 Å². The summed E-state index contributed by atoms with van der Waals surface area (Å²) in [5.41, 5.74) is 1.13. The van der Waals surface area contributed by atoms with E-state index in [0.717, 1.165) is 4.47 Å². The average molecular weight is 342 g/mol. The molecule has 2 rings (SSSR count). The van der Waals surface area contributed by atoms with Crippen molar-refractivity contribution in [1.29, 1.82) is 0 Å². The lowest BCUT2D eigenvalue weighted by atomic mass is 10.2. The van der Waals surface area contributed by atoms with Gasteiger partial charge in [-0.3, -0.25) is 0 Å². The number of carbonyl (C=O) groups excluding carboxylic acids is 1. The van der Waals surface area contributed by atoms with Crippen LogP contribution < -0.4 is 5.32 Å². The molecule has 0 atom stereocenters. The van der Waals surface area contributed by atoms with E-state index < -0.39 is 5.97 Å². The van der Waals surface area contributed by atoms with Crippen LogP contribution in [0.2, 0.25) is 5.02 Å². The first-order valence-corrected chi connectivity index (χ1v) is 6.53. The Morgan fingerprint density at radius 3 is 2.84 bits per heavy atom. The molecule has 6 heteroatoms. The number of ether oxygens (including phenoxy) is 1. The Balaban J connectivity index is 2.26. The summed E-state index contributed by atoms with van der Waals surface area (Å²) in [6.07, 6.45) is 1.53. The predicted octanol–water partition coefficient (Wildman–Crippen LogP) is 4.03. The molecule has 1 aromatic heterocycles. The van der Waals surface area contributed by atoms with Crippen LogP contribution in [-0.4, -0.2) is 18.1 Å². The molecule has 0 radical (unpaired) electrons. The highest BCUT2D eigenvalue weighted by Gasteiger charge is 2.07. The van der Waals surface area contributed by atoms with Gasteiger partial charge >= 0.3 is 5.97 Å². The summed E-state index contributed by atoms with van der Waals surface area (Å²) < 4.78 is 5.54. The van der Waals surface area contributed by atoms with Gasteiger partial charge < -0.3 is 10.1 Å². The molecule has 0 saturated heterocycles. The van der Waals surface area contributed by atoms with Gasteiger partial charge in [0.2, 0.25) is 0 Å². The second-order valence-electron chi connectivity index (χ2n) is 3.67. The van der Waals surface area contributed by atoms with E-state index in [2.05, 4.69) is 31.0 Å². The highest BCUT2D eigenvalue weighted by molar-refractivity contribution is 9.10. The third-order valence-electron chi connectivity index (χ3n) is 2.37. The lowest BCUT2D eigenvalue weighted by molar-refractivity contribution is 0.0600. The van der Waals surface area contributed by atoms with Gasteiger partial charge in [0.15, 0.2) is 0 Å². The van der Waals surface area contributed by atoms with Crippen molar-refractivity contribution in [1.82, 2.24) is 4.98 Å². The fraction of sp³-hybridized carbons (Fsp3) is 0.0769. The van der Waals surface area contributed by atoms with Crippen LogP contribution in [0.25, 0.3) is 0 Å². The Bertz CT molecular complexity index is 619. The maximum atomic E-state index is 11.4. The maximum absolute atomic E-state index is 11.4. The van der Waals surface area contributed by atoms with Gasteiger partial charge in [0.1, 0.15) is 5.82 Å². The van der Waals surface area contributed by atoms with Crippen LogP contribution in [0, 0.1) is 0 Å². The van der Waals surface area contributed by atoms with Crippen molar-refractivity contribution < 1.29 is 9.53 Å². The number of nitrogens with one attached hydrogen (secondary N) is 1. The van der Waals surface area contributed by atoms with E-state index in [1.807, 2.05) is 12.1 Å². The smallest absolute Gasteiger partial charge is 0.338 e. The van der Waals surface area contributed by atoms with E-state index in [1.54, 1.807) is 18.2 Å². The van der Waals surface area contributed by atoms with Gasteiger partial charge in [-0.2, -0.15) is 0 Å². The number of benzene rings is 1. The second-order valence-corrected chi connectivity index (χ2v) is 4.99. The number of nitrogens with zero attached hydrogens (tertiary/aromatic N) is 1. The Kier molecular flexibility index (Phi) is 4.39. The molecule has 0 amide bonds. The Labute approximate surface area is 123 Å². The Hall–Kier alpha value is -1.59. The molecule has 0 aliphatic carbocycles. The summed E-state index contributed by atoms with van der Waals surface area (Å²) in [6.45, 7) is 0. The molecule has 4 nitrogen and oxygen atoms in total. The molecule has 1 heterocycles. The maximum Gasteiger partial charge on any atom is 0.338 e. The first-order valence-electron chi connectivity index (χ1n) is 5.36. The van der Waals surface area contributed by atoms with Crippen LogP contribution in [-0.2, 0) is 4.74 Å². The van der Waals surface area contributed by atoms with Crippen molar-refractivity contribution in [3.63, 3.8) is 0 Å². The van der Waals surface area contributed by atoms with Crippen LogP contribution in [0.3, 0.4) is 0 Å². The van der Waals surface area contributed by atoms with Gasteiger partial charge in [0.25, 0.3) is 0 Å². The largest absolute Gasteiger partial charge is 0.465 e. The van der Waals surface area contributed by atoms with Gasteiger partial charge in [0.05, 0.1) is 23.4 Å². The summed E-state index contributed by atoms with van der Waals surface area (Å²) in [6, 6.07) is 8.63. The molecule has 19 heavy (non-hydrogen) atoms. The van der Waals surface area contributed by atoms with Gasteiger partial charge in [-0.15, -0.1) is 0 Å². The standard InChI is InChI=1S/C13H10BrClN2O2/c1-19-13(18)8-4-5-16-12(6-8)17-11-3-2-9(14)7-10(11)15/h2-7H,1H3,(H,16,17). The quantitative estimate of drug-likeness (QED) is 0.857. The zero-order valence-corrected chi connectivity index (χ0v) is 12.3. The van der Waals surface area contributed by atoms with E-state index in [9.17, 15) is 4.79 Å². The normalized spacial score (nSPS) is 10.1. The molecule has 2 aromatic rings. The number of anilines is 2. The van der Waals surface area contributed by atoms with E-state index >= 15 is 0 Å². The third-order valence-corrected chi connectivity index (χ3v) is 3.18. The number of hydrogen-bond acceptors (Lipinski definition) is 4. The van der Waals surface area contributed by atoms with Gasteiger partial charge in [0, 0.05) is 10.7 Å². The number of hydrogen-bond donors (Lipinski definition) is 1. The lowest BCUT2D eigenvalue weighted by Crippen LogP contribution is -2.03. The topological polar surface area (TPSA) is 51.2 Å². The second kappa shape index (κ2) is 6.04. The molecule has 0 saturated carbocycles. The molecule has 0 unspecified atom stereocenters. The van der Waals surface area contributed by atoms with Crippen LogP contribution >= 0.6 is 27.5 Å². The minimum absolute atomic E-state index is 0.410. The minimum atomic E-state index is -0.410. The number of esters is 1. The third kappa shape index (κ3) is 3.45. The van der Waals surface area contributed by atoms with Crippen LogP contribution in [0.4, 0.5) is 11.5 Å². The summed E-state index contributed by atoms with van der Waals surface area (Å²) >= 11 is 9.43. The first-order chi connectivity index (χ1) is 9.10. The molecule has 0 bridgehead atoms. The zero-order valence-electron chi connectivity index (χ0n) is 9.98. The number of carbonyl (C=O) groups is 1. The van der Waals surface area contributed by atoms with Crippen molar-refractivity contribution in [3.05, 3.63) is 51.6 Å². The number of pyridine rings is 1. The molecule has 1 N–H and O–H groups in total. The van der Waals surface area contributed by atoms with E-state index in [1.165, 1.54) is 13.3 Å². The van der Waals surface area contributed by atoms with E-state index in [4.69, 9.17) is 11.6 Å². The van der Waals surface area contributed by atoms with Crippen molar-refractivity contribution in [2.24, 2.45) is 0 Å². The van der Waals surface area contributed by atoms with Crippen LogP contribution in [0.5, 0.6) is 0 Å². The highest BCUT2D eigenvalue weighted by Crippen LogP contribution is 2.27. The number of aromatic nitrogens is 1. The lowest BCUT2D eigenvalue weighted by Gasteiger charge is -2.08. The van der Waals surface area contributed by atoms with Crippen molar-refractivity contribution in [2.75, 3.05) is 12.4 Å². The van der Waals surface area contributed by atoms with E-state index in [-0.39, 0.29) is 0 Å². The molecule has 98 valence electrons. The molecule has 0 aliphatic rings. The fourth-order valence-electron chi connectivity index (χ4n) is 1.47. The predicted molar refractivity (Wildman–Crippen MR) is 78.0 cm³/mol. The molecule has 0 spiro atoms. The first kappa shape index (κ1) is 13.8. The highest BCUT2D eigenvalue weighted by atomic mass is 79.9. The summed E-state index contributed by atoms with van der Waals surface area (Å²) in [7, 11) is 1.33. The zero-order chi connectivity index (χ0) is 13.8. The van der Waals surface area contributed by atoms with Crippen molar-refractivity contribution in [3.8, 4) is 0 Å². The molecule has 1 aromatic carbocycles. The van der Waals surface area contributed by atoms with Gasteiger partial charge in [-0.1, -0.05) is 27.5 Å². The number of rotatable bonds is 3. The van der Waals surface area contributed by atoms with Crippen molar-refractivity contribution in [2.45, 2.75) is 0 Å². The molecular weight excluding hydrogens is 332 g/mol. The molecule has 0 fully saturated rings. The molecule has 0 aliphatic heterocycles. The summed E-state index contributed by atoms with van der Waals surface area (Å²) in [5, 5.41) is 3.60. The SMILES string of the molecule is COC(=O)c1ccnc(Nc2ccc(Br)cc2Cl)c1. The van der Waals surface area contributed by atoms with E-state index in [0.29, 0.717) is 22.1 Å². The minimum Gasteiger partial charge on any atom is -0.465 e. The summed E-state index contributed by atoms with van der Waals surface area (Å²) in [4.78, 5) is 15.5. The molecular formula is C13H10BrClN2O2. The van der Waals surface area contributed by atoms with Gasteiger partial charge in [-0.25, -0.2) is 9.78 Å².